The highest BCUT2D eigenvalue weighted by molar-refractivity contribution is 5.68. The minimum Gasteiger partial charge on any atom is -0.444 e. The van der Waals surface area contributed by atoms with Gasteiger partial charge in [-0.2, -0.15) is 0 Å². The fourth-order valence-electron chi connectivity index (χ4n) is 3.17. The van der Waals surface area contributed by atoms with Crippen LogP contribution in [0.3, 0.4) is 0 Å². The van der Waals surface area contributed by atoms with E-state index in [4.69, 9.17) is 9.47 Å². The molecule has 0 saturated carbocycles. The highest BCUT2D eigenvalue weighted by atomic mass is 16.6. The molecule has 0 aromatic heterocycles. The van der Waals surface area contributed by atoms with Gasteiger partial charge in [-0.1, -0.05) is 30.3 Å². The molecule has 1 heterocycles. The van der Waals surface area contributed by atoms with Gasteiger partial charge in [0, 0.05) is 18.5 Å². The average molecular weight is 365 g/mol. The summed E-state index contributed by atoms with van der Waals surface area (Å²) in [6.07, 6.45) is -0.0974. The first-order valence-corrected chi connectivity index (χ1v) is 9.14. The largest absolute Gasteiger partial charge is 0.444 e. The van der Waals surface area contributed by atoms with Gasteiger partial charge >= 0.3 is 6.09 Å². The van der Waals surface area contributed by atoms with Crippen LogP contribution in [-0.2, 0) is 16.1 Å². The van der Waals surface area contributed by atoms with Gasteiger partial charge < -0.3 is 24.6 Å². The molecule has 0 bridgehead atoms. The molecule has 1 saturated heterocycles. The standard InChI is InChI=1S/C20H31NO5/c1-19(2,3)26-18(24)21-11-9-20(10-12-21,17(23)13-22)15-25-14-16-7-5-4-6-8-16/h4-8,17,22-23H,9-15H2,1-3H3. The first-order chi connectivity index (χ1) is 12.3. The molecule has 1 unspecified atom stereocenters. The zero-order chi connectivity index (χ0) is 19.2. The number of nitrogens with zero attached hydrogens (tertiary/aromatic N) is 1. The lowest BCUT2D eigenvalue weighted by molar-refractivity contribution is -0.0985. The molecule has 1 aliphatic rings. The summed E-state index contributed by atoms with van der Waals surface area (Å²) >= 11 is 0. The predicted octanol–water partition coefficient (Wildman–Crippen LogP) is 2.57. The number of aliphatic hydroxyl groups is 2. The summed E-state index contributed by atoms with van der Waals surface area (Å²) < 4.78 is 11.3. The Hall–Kier alpha value is -1.63. The molecule has 2 rings (SSSR count). The van der Waals surface area contributed by atoms with Crippen molar-refractivity contribution >= 4 is 6.09 Å². The van der Waals surface area contributed by atoms with Gasteiger partial charge in [0.05, 0.1) is 25.9 Å². The van der Waals surface area contributed by atoms with Crippen molar-refractivity contribution in [3.05, 3.63) is 35.9 Å². The molecule has 1 aliphatic heterocycles. The second kappa shape index (κ2) is 8.84. The molecular weight excluding hydrogens is 334 g/mol. The number of benzene rings is 1. The molecule has 6 heteroatoms. The van der Waals surface area contributed by atoms with E-state index in [-0.39, 0.29) is 12.7 Å². The Balaban J connectivity index is 1.93. The number of rotatable bonds is 6. The second-order valence-corrected chi connectivity index (χ2v) is 8.01. The third kappa shape index (κ3) is 5.69. The molecule has 146 valence electrons. The van der Waals surface area contributed by atoms with Crippen molar-refractivity contribution in [2.24, 2.45) is 5.41 Å². The number of piperidine rings is 1. The monoisotopic (exact) mass is 365 g/mol. The molecule has 1 atom stereocenters. The highest BCUT2D eigenvalue weighted by Crippen LogP contribution is 2.36. The van der Waals surface area contributed by atoms with E-state index in [1.165, 1.54) is 0 Å². The van der Waals surface area contributed by atoms with E-state index in [2.05, 4.69) is 0 Å². The van der Waals surface area contributed by atoms with Gasteiger partial charge in [-0.15, -0.1) is 0 Å². The van der Waals surface area contributed by atoms with Crippen molar-refractivity contribution in [1.82, 2.24) is 4.90 Å². The van der Waals surface area contributed by atoms with Gasteiger partial charge in [-0.3, -0.25) is 0 Å². The topological polar surface area (TPSA) is 79.2 Å². The number of aliphatic hydroxyl groups excluding tert-OH is 2. The molecule has 26 heavy (non-hydrogen) atoms. The summed E-state index contributed by atoms with van der Waals surface area (Å²) in [7, 11) is 0. The molecule has 0 radical (unpaired) electrons. The van der Waals surface area contributed by atoms with Gasteiger partial charge in [0.2, 0.25) is 0 Å². The molecule has 1 fully saturated rings. The molecule has 2 N–H and O–H groups in total. The fraction of sp³-hybridized carbons (Fsp3) is 0.650. The van der Waals surface area contributed by atoms with E-state index >= 15 is 0 Å². The van der Waals surface area contributed by atoms with E-state index in [9.17, 15) is 15.0 Å². The molecular formula is C20H31NO5. The zero-order valence-corrected chi connectivity index (χ0v) is 16.0. The summed E-state index contributed by atoms with van der Waals surface area (Å²) in [5.74, 6) is 0. The summed E-state index contributed by atoms with van der Waals surface area (Å²) in [5.41, 5.74) is -0.0239. The maximum absolute atomic E-state index is 12.2. The Labute approximate surface area is 155 Å². The molecule has 0 spiro atoms. The van der Waals surface area contributed by atoms with Crippen LogP contribution in [0.15, 0.2) is 30.3 Å². The number of likely N-dealkylation sites (tertiary alicyclic amines) is 1. The van der Waals surface area contributed by atoms with Crippen molar-refractivity contribution in [2.45, 2.75) is 51.9 Å². The van der Waals surface area contributed by atoms with Crippen molar-refractivity contribution in [3.63, 3.8) is 0 Å². The van der Waals surface area contributed by atoms with Crippen LogP contribution >= 0.6 is 0 Å². The van der Waals surface area contributed by atoms with E-state index in [1.807, 2.05) is 51.1 Å². The van der Waals surface area contributed by atoms with Gasteiger partial charge in [0.1, 0.15) is 5.60 Å². The SMILES string of the molecule is CC(C)(C)OC(=O)N1CCC(COCc2ccccc2)(C(O)CO)CC1. The number of carbonyl (C=O) groups excluding carboxylic acids is 1. The smallest absolute Gasteiger partial charge is 0.410 e. The van der Waals surface area contributed by atoms with Gasteiger partial charge in [-0.05, 0) is 39.2 Å². The number of hydrogen-bond acceptors (Lipinski definition) is 5. The Morgan fingerprint density at radius 1 is 1.23 bits per heavy atom. The average Bonchev–Trinajstić information content (AvgIpc) is 2.61. The second-order valence-electron chi connectivity index (χ2n) is 8.01. The summed E-state index contributed by atoms with van der Waals surface area (Å²) in [6.45, 7) is 6.94. The van der Waals surface area contributed by atoms with E-state index in [0.717, 1.165) is 5.56 Å². The van der Waals surface area contributed by atoms with Crippen LogP contribution in [-0.4, -0.2) is 59.2 Å². The van der Waals surface area contributed by atoms with E-state index in [1.54, 1.807) is 4.90 Å². The van der Waals surface area contributed by atoms with Crippen LogP contribution in [0.4, 0.5) is 4.79 Å². The predicted molar refractivity (Wildman–Crippen MR) is 98.7 cm³/mol. The lowest BCUT2D eigenvalue weighted by atomic mass is 9.74. The van der Waals surface area contributed by atoms with Crippen molar-refractivity contribution in [1.29, 1.82) is 0 Å². The first kappa shape index (κ1) is 20.7. The summed E-state index contributed by atoms with van der Waals surface area (Å²) in [6, 6.07) is 9.83. The maximum atomic E-state index is 12.2. The Morgan fingerprint density at radius 2 is 1.85 bits per heavy atom. The highest BCUT2D eigenvalue weighted by Gasteiger charge is 2.42. The fourth-order valence-corrected chi connectivity index (χ4v) is 3.17. The molecule has 1 amide bonds. The molecule has 6 nitrogen and oxygen atoms in total. The number of ether oxygens (including phenoxy) is 2. The van der Waals surface area contributed by atoms with Crippen LogP contribution in [0.2, 0.25) is 0 Å². The zero-order valence-electron chi connectivity index (χ0n) is 16.0. The summed E-state index contributed by atoms with van der Waals surface area (Å²) in [4.78, 5) is 13.9. The molecule has 1 aromatic carbocycles. The van der Waals surface area contributed by atoms with Crippen LogP contribution in [0, 0.1) is 5.41 Å². The minimum atomic E-state index is -0.876. The number of amides is 1. The maximum Gasteiger partial charge on any atom is 0.410 e. The normalized spacial score (nSPS) is 18.4. The van der Waals surface area contributed by atoms with Crippen molar-refractivity contribution in [2.75, 3.05) is 26.3 Å². The third-order valence-corrected chi connectivity index (χ3v) is 4.79. The Kier molecular flexibility index (Phi) is 7.03. The lowest BCUT2D eigenvalue weighted by Crippen LogP contribution is -2.52. The van der Waals surface area contributed by atoms with E-state index in [0.29, 0.717) is 39.1 Å². The van der Waals surface area contributed by atoms with Crippen LogP contribution in [0.5, 0.6) is 0 Å². The van der Waals surface area contributed by atoms with Gasteiger partial charge in [0.25, 0.3) is 0 Å². The Morgan fingerprint density at radius 3 is 2.38 bits per heavy atom. The number of carbonyl (C=O) groups is 1. The van der Waals surface area contributed by atoms with E-state index < -0.39 is 17.1 Å². The van der Waals surface area contributed by atoms with Gasteiger partial charge in [0.15, 0.2) is 0 Å². The van der Waals surface area contributed by atoms with Crippen LogP contribution in [0.1, 0.15) is 39.2 Å². The quantitative estimate of drug-likeness (QED) is 0.810. The molecule has 0 aliphatic carbocycles. The Bertz CT molecular complexity index is 561. The lowest BCUT2D eigenvalue weighted by Gasteiger charge is -2.44. The number of hydrogen-bond donors (Lipinski definition) is 2. The molecule has 1 aromatic rings. The van der Waals surface area contributed by atoms with Crippen LogP contribution in [0.25, 0.3) is 0 Å². The first-order valence-electron chi connectivity index (χ1n) is 9.14. The summed E-state index contributed by atoms with van der Waals surface area (Å²) in [5, 5.41) is 19.9. The van der Waals surface area contributed by atoms with Gasteiger partial charge in [-0.25, -0.2) is 4.79 Å². The van der Waals surface area contributed by atoms with Crippen LogP contribution < -0.4 is 0 Å². The third-order valence-electron chi connectivity index (χ3n) is 4.79. The van der Waals surface area contributed by atoms with Crippen molar-refractivity contribution < 1.29 is 24.5 Å². The minimum absolute atomic E-state index is 0.318. The van der Waals surface area contributed by atoms with Crippen molar-refractivity contribution in [3.8, 4) is 0 Å².